The fraction of sp³-hybridized carbons (Fsp3) is 0.853. The molecule has 458 valence electrons. The molecule has 1 N–H and O–H groups in total. The lowest BCUT2D eigenvalue weighted by molar-refractivity contribution is -0.870. The van der Waals surface area contributed by atoms with Gasteiger partial charge in [0.15, 0.2) is 6.10 Å². The van der Waals surface area contributed by atoms with Crippen LogP contribution in [-0.2, 0) is 32.7 Å². The molecule has 0 spiro atoms. The Kier molecular flexibility index (Phi) is 58.0. The molecule has 0 aliphatic heterocycles. The van der Waals surface area contributed by atoms with Gasteiger partial charge in [-0.1, -0.05) is 306 Å². The molecule has 0 rings (SSSR count). The van der Waals surface area contributed by atoms with Gasteiger partial charge in [0.2, 0.25) is 0 Å². The third-order valence-corrected chi connectivity index (χ3v) is 15.9. The molecular weight excluding hydrogens is 990 g/mol. The van der Waals surface area contributed by atoms with E-state index in [1.54, 1.807) is 0 Å². The van der Waals surface area contributed by atoms with Crippen molar-refractivity contribution in [1.29, 1.82) is 0 Å². The Bertz CT molecular complexity index is 1460. The number of esters is 2. The van der Waals surface area contributed by atoms with E-state index in [-0.39, 0.29) is 32.0 Å². The van der Waals surface area contributed by atoms with Crippen LogP contribution in [0.5, 0.6) is 0 Å². The average Bonchev–Trinajstić information content (AvgIpc) is 3.40. The van der Waals surface area contributed by atoms with Gasteiger partial charge in [-0.15, -0.1) is 0 Å². The van der Waals surface area contributed by atoms with Gasteiger partial charge in [0.1, 0.15) is 19.8 Å². The minimum Gasteiger partial charge on any atom is -0.462 e. The van der Waals surface area contributed by atoms with Crippen molar-refractivity contribution < 1.29 is 42.1 Å². The lowest BCUT2D eigenvalue weighted by Gasteiger charge is -2.24. The van der Waals surface area contributed by atoms with Gasteiger partial charge in [-0.3, -0.25) is 18.6 Å². The number of hydrogen-bond acceptors (Lipinski definition) is 7. The van der Waals surface area contributed by atoms with Crippen LogP contribution < -0.4 is 0 Å². The van der Waals surface area contributed by atoms with Crippen LogP contribution >= 0.6 is 7.82 Å². The number of ether oxygens (including phenoxy) is 2. The Morgan fingerprint density at radius 2 is 0.731 bits per heavy atom. The van der Waals surface area contributed by atoms with Crippen molar-refractivity contribution in [2.45, 2.75) is 328 Å². The maximum atomic E-state index is 12.8. The molecule has 0 radical (unpaired) electrons. The Labute approximate surface area is 484 Å². The van der Waals surface area contributed by atoms with Gasteiger partial charge in [0.05, 0.1) is 27.7 Å². The summed E-state index contributed by atoms with van der Waals surface area (Å²) in [5.74, 6) is -0.814. The minimum absolute atomic E-state index is 0.0266. The van der Waals surface area contributed by atoms with Gasteiger partial charge in [-0.05, 0) is 51.4 Å². The zero-order valence-corrected chi connectivity index (χ0v) is 53.1. The number of quaternary nitrogens is 1. The molecule has 2 unspecified atom stereocenters. The Morgan fingerprint density at radius 1 is 0.410 bits per heavy atom. The van der Waals surface area contributed by atoms with E-state index in [0.717, 1.165) is 70.6 Å². The summed E-state index contributed by atoms with van der Waals surface area (Å²) in [6.07, 6.45) is 76.7. The van der Waals surface area contributed by atoms with E-state index in [1.807, 2.05) is 21.1 Å². The molecule has 0 aromatic heterocycles. The number of allylic oxidation sites excluding steroid dienone is 8. The van der Waals surface area contributed by atoms with Crippen molar-refractivity contribution >= 4 is 19.8 Å². The number of nitrogens with zero attached hydrogens (tertiary/aromatic N) is 1. The minimum atomic E-state index is -4.39. The van der Waals surface area contributed by atoms with Crippen LogP contribution in [0.2, 0.25) is 0 Å². The molecule has 0 aliphatic carbocycles. The zero-order valence-electron chi connectivity index (χ0n) is 52.2. The highest BCUT2D eigenvalue weighted by Gasteiger charge is 2.27. The highest BCUT2D eigenvalue weighted by molar-refractivity contribution is 7.47. The lowest BCUT2D eigenvalue weighted by Crippen LogP contribution is -2.37. The van der Waals surface area contributed by atoms with Gasteiger partial charge >= 0.3 is 19.8 Å². The predicted molar refractivity (Wildman–Crippen MR) is 335 cm³/mol. The van der Waals surface area contributed by atoms with Crippen LogP contribution in [0, 0.1) is 0 Å². The van der Waals surface area contributed by atoms with E-state index in [2.05, 4.69) is 62.5 Å². The third-order valence-electron chi connectivity index (χ3n) is 14.9. The van der Waals surface area contributed by atoms with E-state index in [4.69, 9.17) is 18.5 Å². The maximum absolute atomic E-state index is 12.8. The SMILES string of the molecule is CC/C=C\C/C=C\C/C=C\C/C=C\CCCCCCC(=O)OC(COC(=O)CCCCCCCCCCCCCCCCCCCCCCCCCCCCCCCCCCCCCCC)COP(=O)(O)OCC[N+](C)(C)C. The summed E-state index contributed by atoms with van der Waals surface area (Å²) in [6, 6.07) is 0. The standard InChI is InChI=1S/C68H128NO8P/c1-6-8-10-12-14-16-18-20-22-24-25-26-27-28-29-30-31-32-33-34-35-36-37-38-39-40-41-42-43-45-46-48-50-52-54-56-58-60-67(70)74-64-66(65-76-78(72,73)75-63-62-69(3,4)5)77-68(71)61-59-57-55-53-51-49-47-44-23-21-19-17-15-13-11-9-7-2/h9,11,15,17,21,23,47,49,66H,6-8,10,12-14,16,18-20,22,24-46,48,50-65H2,1-5H3/p+1/b11-9-,17-15-,23-21-,49-47-. The van der Waals surface area contributed by atoms with Gasteiger partial charge < -0.3 is 18.9 Å². The van der Waals surface area contributed by atoms with Crippen molar-refractivity contribution in [3.05, 3.63) is 48.6 Å². The normalized spacial score (nSPS) is 13.5. The quantitative estimate of drug-likeness (QED) is 0.0211. The lowest BCUT2D eigenvalue weighted by atomic mass is 10.0. The second kappa shape index (κ2) is 59.6. The first-order chi connectivity index (χ1) is 38.0. The first-order valence-electron chi connectivity index (χ1n) is 33.4. The van der Waals surface area contributed by atoms with E-state index >= 15 is 0 Å². The molecule has 0 saturated carbocycles. The largest absolute Gasteiger partial charge is 0.472 e. The third kappa shape index (κ3) is 63.2. The molecule has 9 nitrogen and oxygen atoms in total. The Morgan fingerprint density at radius 3 is 1.09 bits per heavy atom. The molecule has 0 fully saturated rings. The Balaban J connectivity index is 3.91. The molecule has 78 heavy (non-hydrogen) atoms. The molecule has 0 amide bonds. The van der Waals surface area contributed by atoms with Crippen molar-refractivity contribution in [3.8, 4) is 0 Å². The monoisotopic (exact) mass is 1120 g/mol. The van der Waals surface area contributed by atoms with Crippen molar-refractivity contribution in [1.82, 2.24) is 0 Å². The molecule has 10 heteroatoms. The van der Waals surface area contributed by atoms with E-state index in [0.29, 0.717) is 17.4 Å². The molecule has 0 saturated heterocycles. The number of phosphoric ester groups is 1. The first-order valence-corrected chi connectivity index (χ1v) is 34.9. The second-order valence-corrected chi connectivity index (χ2v) is 25.3. The maximum Gasteiger partial charge on any atom is 0.472 e. The number of unbranched alkanes of at least 4 members (excludes halogenated alkanes) is 40. The fourth-order valence-electron chi connectivity index (χ4n) is 9.78. The summed E-state index contributed by atoms with van der Waals surface area (Å²) in [4.78, 5) is 35.7. The van der Waals surface area contributed by atoms with Crippen LogP contribution in [0.3, 0.4) is 0 Å². The average molecular weight is 1120 g/mol. The first kappa shape index (κ1) is 76.0. The van der Waals surface area contributed by atoms with Crippen molar-refractivity contribution in [2.75, 3.05) is 47.5 Å². The molecule has 0 heterocycles. The summed E-state index contributed by atoms with van der Waals surface area (Å²) < 4.78 is 34.6. The zero-order chi connectivity index (χ0) is 57.0. The van der Waals surface area contributed by atoms with Crippen LogP contribution in [0.1, 0.15) is 322 Å². The molecular formula is C68H129NO8P+. The molecule has 0 aromatic carbocycles. The van der Waals surface area contributed by atoms with Gasteiger partial charge in [-0.2, -0.15) is 0 Å². The van der Waals surface area contributed by atoms with E-state index in [9.17, 15) is 19.0 Å². The number of rotatable bonds is 62. The number of carbonyl (C=O) groups excluding carboxylic acids is 2. The molecule has 0 aliphatic rings. The van der Waals surface area contributed by atoms with Crippen LogP contribution in [-0.4, -0.2) is 74.9 Å². The summed E-state index contributed by atoms with van der Waals surface area (Å²) in [5.41, 5.74) is 0. The fourth-order valence-corrected chi connectivity index (χ4v) is 10.5. The number of likely N-dealkylation sites (N-methyl/N-ethyl adjacent to an activating group) is 1. The van der Waals surface area contributed by atoms with Crippen LogP contribution in [0.15, 0.2) is 48.6 Å². The number of phosphoric acid groups is 1. The molecule has 0 bridgehead atoms. The topological polar surface area (TPSA) is 108 Å². The summed E-state index contributed by atoms with van der Waals surface area (Å²) in [6.45, 7) is 4.33. The van der Waals surface area contributed by atoms with E-state index in [1.165, 1.54) is 218 Å². The van der Waals surface area contributed by atoms with Crippen LogP contribution in [0.25, 0.3) is 0 Å². The summed E-state index contributed by atoms with van der Waals surface area (Å²) in [7, 11) is 1.47. The van der Waals surface area contributed by atoms with E-state index < -0.39 is 26.5 Å². The summed E-state index contributed by atoms with van der Waals surface area (Å²) in [5, 5.41) is 0. The smallest absolute Gasteiger partial charge is 0.462 e. The Hall–Kier alpha value is -2.03. The number of hydrogen-bond donors (Lipinski definition) is 1. The summed E-state index contributed by atoms with van der Waals surface area (Å²) >= 11 is 0. The van der Waals surface area contributed by atoms with Crippen molar-refractivity contribution in [3.63, 3.8) is 0 Å². The second-order valence-electron chi connectivity index (χ2n) is 23.8. The molecule has 0 aromatic rings. The number of carbonyl (C=O) groups is 2. The highest BCUT2D eigenvalue weighted by atomic mass is 31.2. The van der Waals surface area contributed by atoms with Crippen molar-refractivity contribution in [2.24, 2.45) is 0 Å². The predicted octanol–water partition coefficient (Wildman–Crippen LogP) is 21.3. The van der Waals surface area contributed by atoms with Gasteiger partial charge in [0, 0.05) is 12.8 Å². The van der Waals surface area contributed by atoms with Gasteiger partial charge in [-0.25, -0.2) is 4.57 Å². The van der Waals surface area contributed by atoms with Crippen LogP contribution in [0.4, 0.5) is 0 Å². The van der Waals surface area contributed by atoms with Gasteiger partial charge in [0.25, 0.3) is 0 Å². The highest BCUT2D eigenvalue weighted by Crippen LogP contribution is 2.43. The molecule has 2 atom stereocenters.